The van der Waals surface area contributed by atoms with Gasteiger partial charge in [-0.2, -0.15) is 0 Å². The fourth-order valence-corrected chi connectivity index (χ4v) is 2.84. The van der Waals surface area contributed by atoms with E-state index in [1.54, 1.807) is 14.0 Å². The zero-order valence-electron chi connectivity index (χ0n) is 11.7. The second-order valence-corrected chi connectivity index (χ2v) is 5.54. The van der Waals surface area contributed by atoms with Crippen LogP contribution < -0.4 is 0 Å². The Hall–Kier alpha value is -0.980. The molecule has 2 saturated heterocycles. The molecule has 2 fully saturated rings. The molecule has 0 spiro atoms. The van der Waals surface area contributed by atoms with Crippen LogP contribution in [0.5, 0.6) is 0 Å². The number of ether oxygens (including phenoxy) is 4. The van der Waals surface area contributed by atoms with Gasteiger partial charge in [-0.1, -0.05) is 30.3 Å². The Bertz CT molecular complexity index is 447. The van der Waals surface area contributed by atoms with E-state index < -0.39 is 18.0 Å². The normalized spacial score (nSPS) is 41.1. The molecule has 20 heavy (non-hydrogen) atoms. The molecule has 5 heteroatoms. The van der Waals surface area contributed by atoms with E-state index in [9.17, 15) is 5.11 Å². The van der Waals surface area contributed by atoms with Crippen LogP contribution in [0.3, 0.4) is 0 Å². The Balaban J connectivity index is 1.80. The third-order valence-corrected chi connectivity index (χ3v) is 3.89. The van der Waals surface area contributed by atoms with Gasteiger partial charge in [0.15, 0.2) is 6.29 Å². The van der Waals surface area contributed by atoms with Crippen molar-refractivity contribution in [1.29, 1.82) is 0 Å². The fourth-order valence-electron chi connectivity index (χ4n) is 2.84. The third kappa shape index (κ3) is 2.47. The zero-order valence-corrected chi connectivity index (χ0v) is 11.7. The van der Waals surface area contributed by atoms with E-state index in [0.717, 1.165) is 5.56 Å². The molecule has 2 heterocycles. The molecule has 2 aliphatic rings. The summed E-state index contributed by atoms with van der Waals surface area (Å²) in [5.74, 6) is 0. The number of aliphatic hydroxyl groups is 1. The van der Waals surface area contributed by atoms with Crippen LogP contribution in [0.15, 0.2) is 30.3 Å². The van der Waals surface area contributed by atoms with E-state index in [1.165, 1.54) is 0 Å². The van der Waals surface area contributed by atoms with Crippen molar-refractivity contribution in [2.75, 3.05) is 20.3 Å². The molecule has 2 aliphatic heterocycles. The minimum absolute atomic E-state index is 0.208. The molecule has 5 atom stereocenters. The summed E-state index contributed by atoms with van der Waals surface area (Å²) in [5, 5.41) is 10.4. The lowest BCUT2D eigenvalue weighted by molar-refractivity contribution is -0.332. The predicted molar refractivity (Wildman–Crippen MR) is 71.2 cm³/mol. The van der Waals surface area contributed by atoms with E-state index in [4.69, 9.17) is 18.9 Å². The van der Waals surface area contributed by atoms with Crippen molar-refractivity contribution in [2.24, 2.45) is 0 Å². The quantitative estimate of drug-likeness (QED) is 0.884. The van der Waals surface area contributed by atoms with E-state index in [0.29, 0.717) is 6.61 Å². The predicted octanol–water partition coefficient (Wildman–Crippen LogP) is 1.27. The average molecular weight is 280 g/mol. The Morgan fingerprint density at radius 3 is 2.70 bits per heavy atom. The first-order valence-corrected chi connectivity index (χ1v) is 6.80. The monoisotopic (exact) mass is 280 g/mol. The second-order valence-electron chi connectivity index (χ2n) is 5.54. The number of rotatable bonds is 2. The van der Waals surface area contributed by atoms with E-state index >= 15 is 0 Å². The van der Waals surface area contributed by atoms with Gasteiger partial charge in [0.1, 0.15) is 23.9 Å². The molecule has 1 aromatic rings. The summed E-state index contributed by atoms with van der Waals surface area (Å²) in [6.07, 6.45) is -1.44. The summed E-state index contributed by atoms with van der Waals surface area (Å²) >= 11 is 0. The maximum Gasteiger partial charge on any atom is 0.184 e. The maximum absolute atomic E-state index is 10.4. The van der Waals surface area contributed by atoms with Crippen molar-refractivity contribution in [1.82, 2.24) is 0 Å². The molecule has 0 aliphatic carbocycles. The first kappa shape index (κ1) is 14.0. The number of methoxy groups -OCH3 is 1. The van der Waals surface area contributed by atoms with Crippen molar-refractivity contribution in [3.05, 3.63) is 35.9 Å². The minimum atomic E-state index is -1.06. The van der Waals surface area contributed by atoms with Gasteiger partial charge in [-0.25, -0.2) is 0 Å². The van der Waals surface area contributed by atoms with Gasteiger partial charge in [0, 0.05) is 12.7 Å². The first-order valence-electron chi connectivity index (χ1n) is 6.80. The largest absolute Gasteiger partial charge is 0.385 e. The Kier molecular flexibility index (Phi) is 3.79. The molecule has 0 radical (unpaired) electrons. The van der Waals surface area contributed by atoms with Crippen molar-refractivity contribution in [3.8, 4) is 0 Å². The summed E-state index contributed by atoms with van der Waals surface area (Å²) in [5.41, 5.74) is -0.111. The molecular formula is C15H20O5. The minimum Gasteiger partial charge on any atom is -0.385 e. The van der Waals surface area contributed by atoms with Crippen LogP contribution in [0.25, 0.3) is 0 Å². The van der Waals surface area contributed by atoms with Gasteiger partial charge in [0.2, 0.25) is 0 Å². The third-order valence-electron chi connectivity index (χ3n) is 3.89. The molecule has 0 aromatic heterocycles. The highest BCUT2D eigenvalue weighted by Crippen LogP contribution is 2.36. The van der Waals surface area contributed by atoms with Crippen LogP contribution in [0, 0.1) is 0 Å². The van der Waals surface area contributed by atoms with Crippen molar-refractivity contribution in [3.63, 3.8) is 0 Å². The lowest BCUT2D eigenvalue weighted by Gasteiger charge is -2.48. The zero-order chi connectivity index (χ0) is 14.2. The summed E-state index contributed by atoms with van der Waals surface area (Å²) in [6, 6.07) is 9.73. The van der Waals surface area contributed by atoms with E-state index in [1.807, 2.05) is 30.3 Å². The summed E-state index contributed by atoms with van der Waals surface area (Å²) in [6.45, 7) is 2.35. The van der Waals surface area contributed by atoms with Gasteiger partial charge < -0.3 is 24.1 Å². The van der Waals surface area contributed by atoms with Crippen LogP contribution in [0.2, 0.25) is 0 Å². The van der Waals surface area contributed by atoms with Gasteiger partial charge in [-0.3, -0.25) is 0 Å². The number of hydrogen-bond acceptors (Lipinski definition) is 5. The lowest BCUT2D eigenvalue weighted by Crippen LogP contribution is -2.63. The molecule has 1 aromatic carbocycles. The number of hydrogen-bond donors (Lipinski definition) is 1. The SMILES string of the molecule is CO[C@H]1C2O[C@H](c3ccccc3)OC[C@H]2OC[C@]1(C)O. The van der Waals surface area contributed by atoms with Gasteiger partial charge in [-0.15, -0.1) is 0 Å². The number of fused-ring (bicyclic) bond motifs is 1. The Labute approximate surface area is 118 Å². The van der Waals surface area contributed by atoms with Crippen LogP contribution >= 0.6 is 0 Å². The van der Waals surface area contributed by atoms with E-state index in [2.05, 4.69) is 0 Å². The van der Waals surface area contributed by atoms with Crippen LogP contribution in [0.4, 0.5) is 0 Å². The molecule has 5 nitrogen and oxygen atoms in total. The number of benzene rings is 1. The molecule has 110 valence electrons. The Morgan fingerprint density at radius 1 is 1.25 bits per heavy atom. The standard InChI is InChI=1S/C15H20O5/c1-15(16)9-19-11-8-18-14(10-6-4-3-5-7-10)20-12(11)13(15)17-2/h3-7,11-14,16H,8-9H2,1-2H3/t11-,12?,13+,14-,15+/m1/s1. The fraction of sp³-hybridized carbons (Fsp3) is 0.600. The Morgan fingerprint density at radius 2 is 2.00 bits per heavy atom. The van der Waals surface area contributed by atoms with Crippen molar-refractivity contribution < 1.29 is 24.1 Å². The van der Waals surface area contributed by atoms with Crippen LogP contribution in [-0.4, -0.2) is 49.3 Å². The van der Waals surface area contributed by atoms with Crippen LogP contribution in [0.1, 0.15) is 18.8 Å². The second kappa shape index (κ2) is 5.42. The molecule has 1 N–H and O–H groups in total. The van der Waals surface area contributed by atoms with E-state index in [-0.39, 0.29) is 18.8 Å². The average Bonchev–Trinajstić information content (AvgIpc) is 2.47. The van der Waals surface area contributed by atoms with Gasteiger partial charge in [-0.05, 0) is 6.92 Å². The first-order chi connectivity index (χ1) is 9.62. The molecule has 0 saturated carbocycles. The van der Waals surface area contributed by atoms with Gasteiger partial charge in [0.05, 0.1) is 13.2 Å². The maximum atomic E-state index is 10.4. The topological polar surface area (TPSA) is 57.2 Å². The highest BCUT2D eigenvalue weighted by Gasteiger charge is 2.51. The lowest BCUT2D eigenvalue weighted by atomic mass is 9.89. The summed E-state index contributed by atoms with van der Waals surface area (Å²) in [4.78, 5) is 0. The van der Waals surface area contributed by atoms with Gasteiger partial charge in [0.25, 0.3) is 0 Å². The smallest absolute Gasteiger partial charge is 0.184 e. The highest BCUT2D eigenvalue weighted by atomic mass is 16.7. The molecular weight excluding hydrogens is 260 g/mol. The molecule has 3 rings (SSSR count). The highest BCUT2D eigenvalue weighted by molar-refractivity contribution is 5.16. The van der Waals surface area contributed by atoms with Gasteiger partial charge >= 0.3 is 0 Å². The summed E-state index contributed by atoms with van der Waals surface area (Å²) in [7, 11) is 1.58. The summed E-state index contributed by atoms with van der Waals surface area (Å²) < 4.78 is 22.8. The molecule has 0 amide bonds. The molecule has 0 bridgehead atoms. The molecule has 1 unspecified atom stereocenters. The van der Waals surface area contributed by atoms with Crippen LogP contribution in [-0.2, 0) is 18.9 Å². The van der Waals surface area contributed by atoms with Crippen molar-refractivity contribution >= 4 is 0 Å². The van der Waals surface area contributed by atoms with Crippen molar-refractivity contribution in [2.45, 2.75) is 37.1 Å².